The lowest BCUT2D eigenvalue weighted by Crippen LogP contribution is -2.67. The zero-order valence-electron chi connectivity index (χ0n) is 32.9. The van der Waals surface area contributed by atoms with Gasteiger partial charge in [-0.2, -0.15) is 0 Å². The molecular formula is C50H64. The minimum Gasteiger partial charge on any atom is -0.0645 e. The minimum atomic E-state index is 0.115. The highest BCUT2D eigenvalue weighted by molar-refractivity contribution is 5.51. The summed E-state index contributed by atoms with van der Waals surface area (Å²) in [5, 5.41) is 0. The van der Waals surface area contributed by atoms with Crippen molar-refractivity contribution < 1.29 is 0 Å². The molecule has 50 heavy (non-hydrogen) atoms. The molecular weight excluding hydrogens is 601 g/mol. The summed E-state index contributed by atoms with van der Waals surface area (Å²) in [4.78, 5) is 0. The summed E-state index contributed by atoms with van der Waals surface area (Å²) in [7, 11) is 0. The van der Waals surface area contributed by atoms with Crippen LogP contribution in [0, 0.1) is 6.92 Å². The van der Waals surface area contributed by atoms with Gasteiger partial charge in [-0.1, -0.05) is 158 Å². The van der Waals surface area contributed by atoms with Gasteiger partial charge >= 0.3 is 0 Å². The monoisotopic (exact) mass is 665 g/mol. The summed E-state index contributed by atoms with van der Waals surface area (Å²) in [6, 6.07) is 40.1. The molecule has 0 amide bonds. The van der Waals surface area contributed by atoms with E-state index >= 15 is 0 Å². The summed E-state index contributed by atoms with van der Waals surface area (Å²) in [5.74, 6) is 0.544. The molecule has 4 aromatic carbocycles. The predicted octanol–water partition coefficient (Wildman–Crippen LogP) is 13.7. The standard InChI is InChI=1S/C50H64/c1-10-45(8,11-2)39-22-26-43(27-23-39)49-31-47(41-18-14-37(7)15-19-41)30-48(33-49,42-20-16-38(17-21-42)36(5)6)34-50(32-47,35-49)44-28-24-40(25-29-44)46(9,12-3)13-4/h14-29,36H,10-13,30-35H2,1-9H3. The van der Waals surface area contributed by atoms with E-state index in [2.05, 4.69) is 159 Å². The van der Waals surface area contributed by atoms with Crippen LogP contribution in [0.4, 0.5) is 0 Å². The van der Waals surface area contributed by atoms with Crippen LogP contribution in [0.15, 0.2) is 97.1 Å². The Bertz CT molecular complexity index is 1700. The summed E-state index contributed by atoms with van der Waals surface area (Å²) < 4.78 is 0. The van der Waals surface area contributed by atoms with Gasteiger partial charge in [0.2, 0.25) is 0 Å². The van der Waals surface area contributed by atoms with Gasteiger partial charge in [-0.3, -0.25) is 0 Å². The summed E-state index contributed by atoms with van der Waals surface area (Å²) in [5.41, 5.74) is 13.1. The van der Waals surface area contributed by atoms with E-state index in [4.69, 9.17) is 0 Å². The van der Waals surface area contributed by atoms with Gasteiger partial charge in [-0.05, 0) is 148 Å². The summed E-state index contributed by atoms with van der Waals surface area (Å²) >= 11 is 0. The van der Waals surface area contributed by atoms with E-state index in [0.29, 0.717) is 5.92 Å². The van der Waals surface area contributed by atoms with Gasteiger partial charge in [0.05, 0.1) is 0 Å². The highest BCUT2D eigenvalue weighted by atomic mass is 14.7. The molecule has 0 radical (unpaired) electrons. The lowest BCUT2D eigenvalue weighted by atomic mass is 9.32. The van der Waals surface area contributed by atoms with Gasteiger partial charge in [-0.15, -0.1) is 0 Å². The van der Waals surface area contributed by atoms with Crippen molar-refractivity contribution >= 4 is 0 Å². The maximum Gasteiger partial charge on any atom is -0.00215 e. The Balaban J connectivity index is 1.45. The molecule has 0 heteroatoms. The van der Waals surface area contributed by atoms with Crippen LogP contribution in [-0.4, -0.2) is 0 Å². The molecule has 4 bridgehead atoms. The molecule has 0 nitrogen and oxygen atoms in total. The zero-order valence-corrected chi connectivity index (χ0v) is 32.9. The fourth-order valence-corrected chi connectivity index (χ4v) is 11.8. The lowest BCUT2D eigenvalue weighted by molar-refractivity contribution is -0.0692. The highest BCUT2D eigenvalue weighted by Crippen LogP contribution is 2.74. The molecule has 4 aliphatic rings. The lowest BCUT2D eigenvalue weighted by Gasteiger charge is -2.71. The van der Waals surface area contributed by atoms with Crippen molar-refractivity contribution in [3.63, 3.8) is 0 Å². The quantitative estimate of drug-likeness (QED) is 0.150. The van der Waals surface area contributed by atoms with Crippen molar-refractivity contribution in [3.8, 4) is 0 Å². The first kappa shape index (κ1) is 35.3. The first-order chi connectivity index (χ1) is 23.8. The Morgan fingerprint density at radius 1 is 0.440 bits per heavy atom. The Labute approximate surface area is 305 Å². The molecule has 4 saturated carbocycles. The second kappa shape index (κ2) is 12.5. The van der Waals surface area contributed by atoms with Gasteiger partial charge in [0.25, 0.3) is 0 Å². The number of hydrogen-bond donors (Lipinski definition) is 0. The molecule has 2 atom stereocenters. The smallest absolute Gasteiger partial charge is 0.00215 e. The Morgan fingerprint density at radius 3 is 0.960 bits per heavy atom. The second-order valence-electron chi connectivity index (χ2n) is 18.5. The average molecular weight is 665 g/mol. The Hall–Kier alpha value is -3.12. The normalized spacial score (nSPS) is 27.6. The van der Waals surface area contributed by atoms with Crippen LogP contribution in [0.5, 0.6) is 0 Å². The molecule has 0 spiro atoms. The first-order valence-electron chi connectivity index (χ1n) is 20.2. The molecule has 4 aromatic rings. The third-order valence-corrected chi connectivity index (χ3v) is 15.4. The van der Waals surface area contributed by atoms with Crippen LogP contribution < -0.4 is 0 Å². The van der Waals surface area contributed by atoms with E-state index in [0.717, 1.165) is 0 Å². The van der Waals surface area contributed by atoms with Crippen LogP contribution in [0.2, 0.25) is 0 Å². The van der Waals surface area contributed by atoms with Crippen LogP contribution in [0.25, 0.3) is 0 Å². The van der Waals surface area contributed by atoms with E-state index < -0.39 is 0 Å². The van der Waals surface area contributed by atoms with Crippen LogP contribution >= 0.6 is 0 Å². The fourth-order valence-electron chi connectivity index (χ4n) is 11.8. The molecule has 4 aliphatic carbocycles. The number of hydrogen-bond acceptors (Lipinski definition) is 0. The number of aryl methyl sites for hydroxylation is 1. The van der Waals surface area contributed by atoms with Crippen molar-refractivity contribution in [2.75, 3.05) is 0 Å². The first-order valence-corrected chi connectivity index (χ1v) is 20.2. The molecule has 0 N–H and O–H groups in total. The minimum absolute atomic E-state index is 0.115. The van der Waals surface area contributed by atoms with E-state index in [1.807, 2.05) is 0 Å². The van der Waals surface area contributed by atoms with Crippen molar-refractivity contribution in [3.05, 3.63) is 142 Å². The van der Waals surface area contributed by atoms with Crippen LogP contribution in [0.3, 0.4) is 0 Å². The van der Waals surface area contributed by atoms with Crippen LogP contribution in [0.1, 0.15) is 170 Å². The largest absolute Gasteiger partial charge is 0.0645 e. The van der Waals surface area contributed by atoms with Gasteiger partial charge < -0.3 is 0 Å². The Morgan fingerprint density at radius 2 is 0.700 bits per heavy atom. The maximum atomic E-state index is 2.58. The van der Waals surface area contributed by atoms with Crippen molar-refractivity contribution in [2.24, 2.45) is 0 Å². The average Bonchev–Trinajstić information content (AvgIpc) is 3.14. The van der Waals surface area contributed by atoms with Crippen molar-refractivity contribution in [1.29, 1.82) is 0 Å². The van der Waals surface area contributed by atoms with Gasteiger partial charge in [0, 0.05) is 0 Å². The molecule has 2 unspecified atom stereocenters. The summed E-state index contributed by atoms with van der Waals surface area (Å²) in [6.07, 6.45) is 12.2. The predicted molar refractivity (Wildman–Crippen MR) is 215 cm³/mol. The molecule has 0 heterocycles. The van der Waals surface area contributed by atoms with E-state index in [-0.39, 0.29) is 32.5 Å². The van der Waals surface area contributed by atoms with E-state index in [1.54, 1.807) is 22.3 Å². The molecule has 8 rings (SSSR count). The molecule has 0 aliphatic heterocycles. The van der Waals surface area contributed by atoms with E-state index in [9.17, 15) is 0 Å². The topological polar surface area (TPSA) is 0 Å². The molecule has 0 saturated heterocycles. The maximum absolute atomic E-state index is 2.58. The zero-order chi connectivity index (χ0) is 35.6. The van der Waals surface area contributed by atoms with Crippen molar-refractivity contribution in [1.82, 2.24) is 0 Å². The second-order valence-corrected chi connectivity index (χ2v) is 18.5. The molecule has 0 aromatic heterocycles. The summed E-state index contributed by atoms with van der Waals surface area (Å²) in [6.45, 7) is 21.2. The van der Waals surface area contributed by atoms with E-state index in [1.165, 1.54) is 86.5 Å². The molecule has 264 valence electrons. The third-order valence-electron chi connectivity index (χ3n) is 15.4. The number of rotatable bonds is 11. The highest BCUT2D eigenvalue weighted by Gasteiger charge is 2.69. The Kier molecular flexibility index (Phi) is 8.84. The van der Waals surface area contributed by atoms with Gasteiger partial charge in [0.15, 0.2) is 0 Å². The van der Waals surface area contributed by atoms with Gasteiger partial charge in [0.1, 0.15) is 0 Å². The van der Waals surface area contributed by atoms with Crippen LogP contribution in [-0.2, 0) is 32.5 Å². The number of benzene rings is 4. The fraction of sp³-hybridized carbons (Fsp3) is 0.520. The molecule has 4 fully saturated rings. The SMILES string of the molecule is CCC(C)(CC)c1ccc(C23CC4(c5ccc(C)cc5)CC(c5ccc(C(C)C)cc5)(C2)CC(c2ccc(C(C)(CC)CC)cc2)(C4)C3)cc1. The van der Waals surface area contributed by atoms with Gasteiger partial charge in [-0.25, -0.2) is 0 Å². The van der Waals surface area contributed by atoms with Crippen molar-refractivity contribution in [2.45, 2.75) is 165 Å². The third kappa shape index (κ3) is 5.54.